The van der Waals surface area contributed by atoms with Gasteiger partial charge in [-0.1, -0.05) is 25.1 Å². The standard InChI is InChI=1S/C10H11N/c1-8-6-7-11-10-5-3-2-4-9(8)10/h2-5,7-8H,6H2,1H3/t8-/m0/s1. The van der Waals surface area contributed by atoms with Crippen LogP contribution in [0.4, 0.5) is 5.69 Å². The van der Waals surface area contributed by atoms with Crippen molar-refractivity contribution in [3.8, 4) is 0 Å². The number of benzene rings is 1. The fourth-order valence-corrected chi connectivity index (χ4v) is 1.46. The second-order valence-electron chi connectivity index (χ2n) is 3.01. The fourth-order valence-electron chi connectivity index (χ4n) is 1.46. The zero-order valence-corrected chi connectivity index (χ0v) is 6.62. The minimum atomic E-state index is 0.642. The summed E-state index contributed by atoms with van der Waals surface area (Å²) >= 11 is 0. The van der Waals surface area contributed by atoms with E-state index < -0.39 is 0 Å². The van der Waals surface area contributed by atoms with Gasteiger partial charge in [-0.25, -0.2) is 0 Å². The van der Waals surface area contributed by atoms with Gasteiger partial charge in [-0.3, -0.25) is 4.99 Å². The summed E-state index contributed by atoms with van der Waals surface area (Å²) in [6.45, 7) is 2.24. The molecular weight excluding hydrogens is 134 g/mol. The smallest absolute Gasteiger partial charge is 0.0660 e. The maximum absolute atomic E-state index is 4.32. The first-order valence-corrected chi connectivity index (χ1v) is 3.99. The number of fused-ring (bicyclic) bond motifs is 1. The van der Waals surface area contributed by atoms with Crippen molar-refractivity contribution >= 4 is 11.9 Å². The zero-order chi connectivity index (χ0) is 7.68. The molecule has 0 saturated heterocycles. The van der Waals surface area contributed by atoms with Gasteiger partial charge in [0, 0.05) is 6.21 Å². The predicted molar refractivity (Wildman–Crippen MR) is 47.6 cm³/mol. The van der Waals surface area contributed by atoms with Crippen LogP contribution in [0.1, 0.15) is 24.8 Å². The highest BCUT2D eigenvalue weighted by Crippen LogP contribution is 2.31. The number of nitrogens with zero attached hydrogens (tertiary/aromatic N) is 1. The molecule has 2 rings (SSSR count). The number of hydrogen-bond acceptors (Lipinski definition) is 1. The van der Waals surface area contributed by atoms with Gasteiger partial charge in [-0.2, -0.15) is 0 Å². The van der Waals surface area contributed by atoms with Gasteiger partial charge >= 0.3 is 0 Å². The number of aliphatic imine (C=N–C) groups is 1. The van der Waals surface area contributed by atoms with E-state index in [9.17, 15) is 0 Å². The first-order chi connectivity index (χ1) is 5.38. The number of para-hydroxylation sites is 1. The molecule has 0 N–H and O–H groups in total. The molecule has 11 heavy (non-hydrogen) atoms. The maximum atomic E-state index is 4.32. The van der Waals surface area contributed by atoms with Gasteiger partial charge in [0.15, 0.2) is 0 Å². The maximum Gasteiger partial charge on any atom is 0.0660 e. The molecular formula is C10H11N. The van der Waals surface area contributed by atoms with E-state index in [1.54, 1.807) is 0 Å². The largest absolute Gasteiger partial charge is 0.261 e. The Bertz CT molecular complexity index is 289. The van der Waals surface area contributed by atoms with E-state index in [2.05, 4.69) is 30.1 Å². The molecule has 1 aliphatic rings. The average molecular weight is 145 g/mol. The van der Waals surface area contributed by atoms with Crippen molar-refractivity contribution < 1.29 is 0 Å². The molecule has 0 radical (unpaired) electrons. The Morgan fingerprint density at radius 2 is 2.18 bits per heavy atom. The van der Waals surface area contributed by atoms with Crippen molar-refractivity contribution in [3.05, 3.63) is 29.8 Å². The third kappa shape index (κ3) is 1.07. The molecule has 1 aromatic carbocycles. The highest BCUT2D eigenvalue weighted by atomic mass is 14.7. The molecule has 0 amide bonds. The van der Waals surface area contributed by atoms with Gasteiger partial charge in [-0.15, -0.1) is 0 Å². The van der Waals surface area contributed by atoms with Gasteiger partial charge in [0.05, 0.1) is 5.69 Å². The Labute approximate surface area is 66.8 Å². The highest BCUT2D eigenvalue weighted by Gasteiger charge is 2.11. The lowest BCUT2D eigenvalue weighted by Crippen LogP contribution is -1.98. The highest BCUT2D eigenvalue weighted by molar-refractivity contribution is 5.70. The van der Waals surface area contributed by atoms with Crippen molar-refractivity contribution in [3.63, 3.8) is 0 Å². The Hall–Kier alpha value is -1.11. The molecule has 1 aromatic rings. The summed E-state index contributed by atoms with van der Waals surface area (Å²) in [7, 11) is 0. The summed E-state index contributed by atoms with van der Waals surface area (Å²) in [6.07, 6.45) is 3.09. The molecule has 1 heteroatoms. The molecule has 0 aromatic heterocycles. The summed E-state index contributed by atoms with van der Waals surface area (Å²) in [5.41, 5.74) is 2.53. The normalized spacial score (nSPS) is 21.4. The number of rotatable bonds is 0. The third-order valence-electron chi connectivity index (χ3n) is 2.16. The molecule has 0 fully saturated rings. The van der Waals surface area contributed by atoms with Crippen molar-refractivity contribution in [2.45, 2.75) is 19.3 Å². The summed E-state index contributed by atoms with van der Waals surface area (Å²) < 4.78 is 0. The van der Waals surface area contributed by atoms with Crippen molar-refractivity contribution in [2.75, 3.05) is 0 Å². The molecule has 0 spiro atoms. The molecule has 0 saturated carbocycles. The average Bonchev–Trinajstić information content (AvgIpc) is 2.06. The van der Waals surface area contributed by atoms with Crippen LogP contribution in [0.5, 0.6) is 0 Å². The van der Waals surface area contributed by atoms with Crippen LogP contribution in [-0.4, -0.2) is 6.21 Å². The lowest BCUT2D eigenvalue weighted by molar-refractivity contribution is 0.802. The van der Waals surface area contributed by atoms with E-state index in [0.29, 0.717) is 5.92 Å². The molecule has 1 heterocycles. The second-order valence-corrected chi connectivity index (χ2v) is 3.01. The zero-order valence-electron chi connectivity index (χ0n) is 6.62. The van der Waals surface area contributed by atoms with E-state index in [0.717, 1.165) is 12.1 Å². The SMILES string of the molecule is C[C@H]1CC=Nc2ccccc21. The van der Waals surface area contributed by atoms with Gasteiger partial charge in [0.1, 0.15) is 0 Å². The minimum Gasteiger partial charge on any atom is -0.261 e. The summed E-state index contributed by atoms with van der Waals surface area (Å²) in [6, 6.07) is 8.35. The minimum absolute atomic E-state index is 0.642. The molecule has 56 valence electrons. The van der Waals surface area contributed by atoms with Gasteiger partial charge in [-0.05, 0) is 24.0 Å². The fraction of sp³-hybridized carbons (Fsp3) is 0.300. The Morgan fingerprint density at radius 1 is 1.36 bits per heavy atom. The van der Waals surface area contributed by atoms with Crippen LogP contribution in [0.15, 0.2) is 29.3 Å². The van der Waals surface area contributed by atoms with Crippen LogP contribution >= 0.6 is 0 Å². The van der Waals surface area contributed by atoms with Crippen LogP contribution in [0.3, 0.4) is 0 Å². The monoisotopic (exact) mass is 145 g/mol. The predicted octanol–water partition coefficient (Wildman–Crippen LogP) is 2.90. The molecule has 0 aliphatic carbocycles. The Kier molecular flexibility index (Phi) is 1.50. The topological polar surface area (TPSA) is 12.4 Å². The van der Waals surface area contributed by atoms with Crippen LogP contribution in [-0.2, 0) is 0 Å². The van der Waals surface area contributed by atoms with Crippen molar-refractivity contribution in [1.82, 2.24) is 0 Å². The molecule has 0 bridgehead atoms. The lowest BCUT2D eigenvalue weighted by Gasteiger charge is -2.15. The van der Waals surface area contributed by atoms with Crippen molar-refractivity contribution in [2.24, 2.45) is 4.99 Å². The van der Waals surface area contributed by atoms with Crippen LogP contribution in [0.2, 0.25) is 0 Å². The van der Waals surface area contributed by atoms with E-state index in [1.165, 1.54) is 5.56 Å². The number of hydrogen-bond donors (Lipinski definition) is 0. The molecule has 1 nitrogen and oxygen atoms in total. The third-order valence-corrected chi connectivity index (χ3v) is 2.16. The second kappa shape index (κ2) is 2.50. The summed E-state index contributed by atoms with van der Waals surface area (Å²) in [5.74, 6) is 0.642. The van der Waals surface area contributed by atoms with Crippen molar-refractivity contribution in [1.29, 1.82) is 0 Å². The van der Waals surface area contributed by atoms with Gasteiger partial charge in [0.2, 0.25) is 0 Å². The molecule has 1 aliphatic heterocycles. The molecule has 1 atom stereocenters. The van der Waals surface area contributed by atoms with Crippen LogP contribution in [0, 0.1) is 0 Å². The Balaban J connectivity index is 2.54. The first-order valence-electron chi connectivity index (χ1n) is 3.99. The van der Waals surface area contributed by atoms with E-state index in [-0.39, 0.29) is 0 Å². The Morgan fingerprint density at radius 3 is 3.00 bits per heavy atom. The van der Waals surface area contributed by atoms with Crippen LogP contribution in [0.25, 0.3) is 0 Å². The van der Waals surface area contributed by atoms with E-state index in [1.807, 2.05) is 12.3 Å². The molecule has 0 unspecified atom stereocenters. The quantitative estimate of drug-likeness (QED) is 0.532. The summed E-state index contributed by atoms with van der Waals surface area (Å²) in [5, 5.41) is 0. The first kappa shape index (κ1) is 6.59. The van der Waals surface area contributed by atoms with Crippen LogP contribution < -0.4 is 0 Å². The van der Waals surface area contributed by atoms with E-state index in [4.69, 9.17) is 0 Å². The van der Waals surface area contributed by atoms with Gasteiger partial charge in [0.25, 0.3) is 0 Å². The lowest BCUT2D eigenvalue weighted by atomic mass is 9.95. The summed E-state index contributed by atoms with van der Waals surface area (Å²) in [4.78, 5) is 4.32. The van der Waals surface area contributed by atoms with Gasteiger partial charge < -0.3 is 0 Å². The van der Waals surface area contributed by atoms with E-state index >= 15 is 0 Å².